The summed E-state index contributed by atoms with van der Waals surface area (Å²) in [6.07, 6.45) is 1.41. The van der Waals surface area contributed by atoms with Gasteiger partial charge in [0, 0.05) is 6.07 Å². The van der Waals surface area contributed by atoms with Crippen LogP contribution in [-0.4, -0.2) is 26.1 Å². The van der Waals surface area contributed by atoms with Gasteiger partial charge in [0.2, 0.25) is 0 Å². The van der Waals surface area contributed by atoms with Gasteiger partial charge in [-0.15, -0.1) is 0 Å². The predicted molar refractivity (Wildman–Crippen MR) is 110 cm³/mol. The summed E-state index contributed by atoms with van der Waals surface area (Å²) >= 11 is 0.784. The van der Waals surface area contributed by atoms with Crippen molar-refractivity contribution in [3.63, 3.8) is 0 Å². The van der Waals surface area contributed by atoms with Gasteiger partial charge in [0.15, 0.2) is 5.75 Å². The molecular formula is C21H14N2O5S. The summed E-state index contributed by atoms with van der Waals surface area (Å²) in [7, 11) is 0. The van der Waals surface area contributed by atoms with Crippen LogP contribution in [0.1, 0.15) is 11.1 Å². The Kier molecular flexibility index (Phi) is 4.77. The highest BCUT2D eigenvalue weighted by Gasteiger charge is 2.35. The van der Waals surface area contributed by atoms with Crippen molar-refractivity contribution in [2.24, 2.45) is 0 Å². The molecule has 0 bridgehead atoms. The number of amides is 2. The van der Waals surface area contributed by atoms with Crippen LogP contribution in [0, 0.1) is 10.1 Å². The lowest BCUT2D eigenvalue weighted by Crippen LogP contribution is -2.27. The van der Waals surface area contributed by atoms with E-state index in [1.165, 1.54) is 18.2 Å². The van der Waals surface area contributed by atoms with E-state index >= 15 is 0 Å². The zero-order valence-electron chi connectivity index (χ0n) is 14.9. The summed E-state index contributed by atoms with van der Waals surface area (Å²) in [6, 6.07) is 17.3. The first-order valence-corrected chi connectivity index (χ1v) is 9.44. The van der Waals surface area contributed by atoms with Gasteiger partial charge in [0.25, 0.3) is 11.1 Å². The molecule has 8 heteroatoms. The fourth-order valence-electron chi connectivity index (χ4n) is 3.08. The number of benzene rings is 3. The summed E-state index contributed by atoms with van der Waals surface area (Å²) in [4.78, 5) is 36.6. The van der Waals surface area contributed by atoms with E-state index in [1.54, 1.807) is 0 Å². The van der Waals surface area contributed by atoms with Crippen LogP contribution in [0.4, 0.5) is 10.5 Å². The number of nitro groups is 1. The smallest absolute Gasteiger partial charge is 0.311 e. The fourth-order valence-corrected chi connectivity index (χ4v) is 3.92. The maximum atomic E-state index is 12.7. The van der Waals surface area contributed by atoms with Gasteiger partial charge in [-0.25, -0.2) is 0 Å². The first kappa shape index (κ1) is 18.7. The van der Waals surface area contributed by atoms with Gasteiger partial charge in [-0.05, 0) is 51.9 Å². The largest absolute Gasteiger partial charge is 0.502 e. The molecule has 1 N–H and O–H groups in total. The number of carbonyl (C=O) groups excluding carboxylic acids is 2. The van der Waals surface area contributed by atoms with Crippen molar-refractivity contribution in [3.8, 4) is 5.75 Å². The molecule has 1 saturated heterocycles. The van der Waals surface area contributed by atoms with Gasteiger partial charge in [-0.2, -0.15) is 0 Å². The van der Waals surface area contributed by atoms with Crippen LogP contribution in [0.15, 0.2) is 65.6 Å². The normalized spacial score (nSPS) is 15.4. The Labute approximate surface area is 169 Å². The SMILES string of the molecule is O=C1S/C(=C\c2ccc(O)c([N+](=O)[O-])c2)C(=O)N1Cc1ccc2ccccc2c1. The van der Waals surface area contributed by atoms with Crippen LogP contribution in [0.2, 0.25) is 0 Å². The number of hydrogen-bond donors (Lipinski definition) is 1. The second kappa shape index (κ2) is 7.40. The first-order chi connectivity index (χ1) is 13.9. The summed E-state index contributed by atoms with van der Waals surface area (Å²) in [5.74, 6) is -0.916. The Morgan fingerprint density at radius 2 is 1.79 bits per heavy atom. The lowest BCUT2D eigenvalue weighted by atomic mass is 10.1. The molecular weight excluding hydrogens is 392 g/mol. The number of nitro benzene ring substituents is 1. The van der Waals surface area contributed by atoms with Crippen molar-refractivity contribution >= 4 is 45.4 Å². The molecule has 0 atom stereocenters. The molecule has 2 amide bonds. The van der Waals surface area contributed by atoms with Crippen LogP contribution in [-0.2, 0) is 11.3 Å². The molecule has 0 aromatic heterocycles. The maximum Gasteiger partial charge on any atom is 0.311 e. The lowest BCUT2D eigenvalue weighted by Gasteiger charge is -2.13. The fraction of sp³-hybridized carbons (Fsp3) is 0.0476. The van der Waals surface area contributed by atoms with Crippen LogP contribution in [0.5, 0.6) is 5.75 Å². The quantitative estimate of drug-likeness (QED) is 0.383. The number of phenols is 1. The Morgan fingerprint density at radius 3 is 2.55 bits per heavy atom. The number of phenolic OH excluding ortho intramolecular Hbond substituents is 1. The molecule has 1 fully saturated rings. The van der Waals surface area contributed by atoms with E-state index in [2.05, 4.69) is 0 Å². The molecule has 7 nitrogen and oxygen atoms in total. The van der Waals surface area contributed by atoms with Crippen molar-refractivity contribution in [3.05, 3.63) is 86.8 Å². The maximum absolute atomic E-state index is 12.7. The second-order valence-electron chi connectivity index (χ2n) is 6.45. The van der Waals surface area contributed by atoms with Crippen molar-refractivity contribution < 1.29 is 19.6 Å². The van der Waals surface area contributed by atoms with Crippen molar-refractivity contribution in [2.75, 3.05) is 0 Å². The minimum absolute atomic E-state index is 0.141. The lowest BCUT2D eigenvalue weighted by molar-refractivity contribution is -0.385. The second-order valence-corrected chi connectivity index (χ2v) is 7.45. The molecule has 144 valence electrons. The minimum Gasteiger partial charge on any atom is -0.502 e. The van der Waals surface area contributed by atoms with E-state index in [0.717, 1.165) is 39.1 Å². The summed E-state index contributed by atoms with van der Waals surface area (Å²) in [6.45, 7) is 0.141. The number of aromatic hydroxyl groups is 1. The van der Waals surface area contributed by atoms with Gasteiger partial charge < -0.3 is 5.11 Å². The van der Waals surface area contributed by atoms with Gasteiger partial charge in [0.05, 0.1) is 16.4 Å². The predicted octanol–water partition coefficient (Wildman–Crippen LogP) is 4.69. The van der Waals surface area contributed by atoms with E-state index in [4.69, 9.17) is 0 Å². The highest BCUT2D eigenvalue weighted by atomic mass is 32.2. The molecule has 29 heavy (non-hydrogen) atoms. The van der Waals surface area contributed by atoms with Crippen molar-refractivity contribution in [2.45, 2.75) is 6.54 Å². The third-order valence-electron chi connectivity index (χ3n) is 4.52. The van der Waals surface area contributed by atoms with E-state index in [-0.39, 0.29) is 11.4 Å². The van der Waals surface area contributed by atoms with E-state index in [9.17, 15) is 24.8 Å². The monoisotopic (exact) mass is 406 g/mol. The number of imide groups is 1. The van der Waals surface area contributed by atoms with Gasteiger partial charge >= 0.3 is 5.69 Å². The molecule has 1 heterocycles. The van der Waals surface area contributed by atoms with E-state index < -0.39 is 27.5 Å². The summed E-state index contributed by atoms with van der Waals surface area (Å²) in [5, 5.41) is 22.2. The molecule has 1 aliphatic heterocycles. The average molecular weight is 406 g/mol. The third-order valence-corrected chi connectivity index (χ3v) is 5.43. The highest BCUT2D eigenvalue weighted by molar-refractivity contribution is 8.18. The van der Waals surface area contributed by atoms with Crippen LogP contribution in [0.3, 0.4) is 0 Å². The topological polar surface area (TPSA) is 101 Å². The molecule has 0 aliphatic carbocycles. The number of rotatable bonds is 4. The molecule has 3 aromatic carbocycles. The highest BCUT2D eigenvalue weighted by Crippen LogP contribution is 2.35. The number of thioether (sulfide) groups is 1. The number of nitrogens with zero attached hydrogens (tertiary/aromatic N) is 2. The number of carbonyl (C=O) groups is 2. The van der Waals surface area contributed by atoms with Gasteiger partial charge in [-0.3, -0.25) is 24.6 Å². The summed E-state index contributed by atoms with van der Waals surface area (Å²) < 4.78 is 0. The first-order valence-electron chi connectivity index (χ1n) is 8.63. The molecule has 1 aliphatic rings. The van der Waals surface area contributed by atoms with Crippen LogP contribution < -0.4 is 0 Å². The molecule has 4 rings (SSSR count). The zero-order valence-corrected chi connectivity index (χ0v) is 15.8. The Hall–Kier alpha value is -3.65. The van der Waals surface area contributed by atoms with Gasteiger partial charge in [0.1, 0.15) is 0 Å². The van der Waals surface area contributed by atoms with Crippen LogP contribution >= 0.6 is 11.8 Å². The molecule has 0 saturated carbocycles. The Balaban J connectivity index is 1.59. The third kappa shape index (κ3) is 3.70. The van der Waals surface area contributed by atoms with E-state index in [1.807, 2.05) is 42.5 Å². The standard InChI is InChI=1S/C21H14N2O5S/c24-18-8-6-13(10-17(18)23(27)28)11-19-20(25)22(21(26)29-19)12-14-5-7-15-3-1-2-4-16(15)9-14/h1-11,24H,12H2/b19-11-. The molecule has 0 spiro atoms. The Bertz CT molecular complexity index is 1200. The van der Waals surface area contributed by atoms with Crippen molar-refractivity contribution in [1.29, 1.82) is 0 Å². The van der Waals surface area contributed by atoms with Crippen LogP contribution in [0.25, 0.3) is 16.8 Å². The molecule has 0 radical (unpaired) electrons. The van der Waals surface area contributed by atoms with Crippen molar-refractivity contribution in [1.82, 2.24) is 4.90 Å². The van der Waals surface area contributed by atoms with Gasteiger partial charge in [-0.1, -0.05) is 42.5 Å². The Morgan fingerprint density at radius 1 is 1.03 bits per heavy atom. The summed E-state index contributed by atoms with van der Waals surface area (Å²) in [5.41, 5.74) is 0.715. The average Bonchev–Trinajstić information content (AvgIpc) is 2.96. The zero-order chi connectivity index (χ0) is 20.5. The number of fused-ring (bicyclic) bond motifs is 1. The molecule has 3 aromatic rings. The number of hydrogen-bond acceptors (Lipinski definition) is 6. The van der Waals surface area contributed by atoms with E-state index in [0.29, 0.717) is 5.56 Å². The minimum atomic E-state index is -0.710. The molecule has 0 unspecified atom stereocenters.